The molecule has 20 heavy (non-hydrogen) atoms. The third-order valence-corrected chi connectivity index (χ3v) is 4.20. The number of ether oxygens (including phenoxy) is 1. The number of nitrogens with zero attached hydrogens (tertiary/aromatic N) is 2. The van der Waals surface area contributed by atoms with E-state index in [-0.39, 0.29) is 11.6 Å². The summed E-state index contributed by atoms with van der Waals surface area (Å²) in [4.78, 5) is 4.56. The van der Waals surface area contributed by atoms with E-state index in [0.717, 1.165) is 31.6 Å². The van der Waals surface area contributed by atoms with Crippen LogP contribution < -0.4 is 5.32 Å². The SMILES string of the molecule is CC1(c2noc([C@@H]3Cc4ccccc4N3)n2)CCCO1. The molecule has 0 bridgehead atoms. The highest BCUT2D eigenvalue weighted by Gasteiger charge is 2.38. The number of para-hydroxylation sites is 1. The van der Waals surface area contributed by atoms with E-state index in [9.17, 15) is 0 Å². The number of rotatable bonds is 2. The molecule has 4 rings (SSSR count). The number of anilines is 1. The zero-order chi connectivity index (χ0) is 13.6. The fraction of sp³-hybridized carbons (Fsp3) is 0.467. The minimum Gasteiger partial charge on any atom is -0.373 e. The molecule has 5 heteroatoms. The number of hydrogen-bond acceptors (Lipinski definition) is 5. The van der Waals surface area contributed by atoms with E-state index in [1.807, 2.05) is 13.0 Å². The zero-order valence-electron chi connectivity index (χ0n) is 11.4. The molecule has 2 aliphatic heterocycles. The predicted octanol–water partition coefficient (Wildman–Crippen LogP) is 2.80. The van der Waals surface area contributed by atoms with E-state index >= 15 is 0 Å². The molecule has 1 aromatic heterocycles. The second kappa shape index (κ2) is 4.31. The van der Waals surface area contributed by atoms with E-state index in [1.54, 1.807) is 0 Å². The molecule has 1 N–H and O–H groups in total. The van der Waals surface area contributed by atoms with E-state index < -0.39 is 0 Å². The lowest BCUT2D eigenvalue weighted by Gasteiger charge is -2.17. The van der Waals surface area contributed by atoms with Crippen LogP contribution in [0.4, 0.5) is 5.69 Å². The van der Waals surface area contributed by atoms with Gasteiger partial charge in [0.1, 0.15) is 11.6 Å². The number of aromatic nitrogens is 2. The van der Waals surface area contributed by atoms with Crippen molar-refractivity contribution in [2.75, 3.05) is 11.9 Å². The summed E-state index contributed by atoms with van der Waals surface area (Å²) in [6, 6.07) is 8.35. The maximum atomic E-state index is 5.76. The molecular weight excluding hydrogens is 254 g/mol. The van der Waals surface area contributed by atoms with E-state index in [0.29, 0.717) is 11.7 Å². The van der Waals surface area contributed by atoms with Gasteiger partial charge in [0, 0.05) is 18.7 Å². The summed E-state index contributed by atoms with van der Waals surface area (Å²) in [7, 11) is 0. The number of nitrogens with one attached hydrogen (secondary N) is 1. The van der Waals surface area contributed by atoms with Gasteiger partial charge >= 0.3 is 0 Å². The second-order valence-electron chi connectivity index (χ2n) is 5.70. The van der Waals surface area contributed by atoms with Crippen LogP contribution in [0.15, 0.2) is 28.8 Å². The predicted molar refractivity (Wildman–Crippen MR) is 73.3 cm³/mol. The van der Waals surface area contributed by atoms with Gasteiger partial charge in [0.25, 0.3) is 0 Å². The normalized spacial score (nSPS) is 28.4. The average molecular weight is 271 g/mol. The van der Waals surface area contributed by atoms with Crippen LogP contribution in [0.2, 0.25) is 0 Å². The lowest BCUT2D eigenvalue weighted by atomic mass is 10.0. The van der Waals surface area contributed by atoms with Gasteiger partial charge in [-0.1, -0.05) is 23.4 Å². The van der Waals surface area contributed by atoms with Gasteiger partial charge in [-0.05, 0) is 31.4 Å². The second-order valence-corrected chi connectivity index (χ2v) is 5.70. The van der Waals surface area contributed by atoms with Crippen molar-refractivity contribution in [1.82, 2.24) is 10.1 Å². The lowest BCUT2D eigenvalue weighted by molar-refractivity contribution is 0.00768. The number of fused-ring (bicyclic) bond motifs is 1. The molecule has 1 fully saturated rings. The zero-order valence-corrected chi connectivity index (χ0v) is 11.4. The Bertz CT molecular complexity index is 607. The Kier molecular flexibility index (Phi) is 2.57. The highest BCUT2D eigenvalue weighted by atomic mass is 16.5. The molecule has 0 spiro atoms. The van der Waals surface area contributed by atoms with Crippen molar-refractivity contribution in [2.24, 2.45) is 0 Å². The van der Waals surface area contributed by atoms with Gasteiger partial charge in [0.05, 0.1) is 0 Å². The third-order valence-electron chi connectivity index (χ3n) is 4.20. The Labute approximate surface area is 117 Å². The van der Waals surface area contributed by atoms with Gasteiger partial charge in [0.15, 0.2) is 0 Å². The van der Waals surface area contributed by atoms with Gasteiger partial charge in [-0.25, -0.2) is 0 Å². The van der Waals surface area contributed by atoms with Crippen LogP contribution in [0.1, 0.15) is 43.1 Å². The van der Waals surface area contributed by atoms with Crippen molar-refractivity contribution in [3.8, 4) is 0 Å². The molecule has 2 atom stereocenters. The summed E-state index contributed by atoms with van der Waals surface area (Å²) in [6.07, 6.45) is 2.88. The fourth-order valence-corrected chi connectivity index (χ4v) is 2.99. The molecule has 1 saturated heterocycles. The molecule has 0 radical (unpaired) electrons. The van der Waals surface area contributed by atoms with Crippen molar-refractivity contribution < 1.29 is 9.26 Å². The Morgan fingerprint density at radius 1 is 1.35 bits per heavy atom. The Morgan fingerprint density at radius 3 is 3.05 bits per heavy atom. The van der Waals surface area contributed by atoms with Crippen LogP contribution in [0.3, 0.4) is 0 Å². The topological polar surface area (TPSA) is 60.2 Å². The molecule has 5 nitrogen and oxygen atoms in total. The molecule has 3 heterocycles. The maximum Gasteiger partial charge on any atom is 0.249 e. The third kappa shape index (κ3) is 1.81. The van der Waals surface area contributed by atoms with Crippen LogP contribution >= 0.6 is 0 Å². The molecule has 2 aromatic rings. The number of benzene rings is 1. The summed E-state index contributed by atoms with van der Waals surface area (Å²) in [5.41, 5.74) is 2.06. The molecule has 0 amide bonds. The minimum absolute atomic E-state index is 0.0682. The van der Waals surface area contributed by atoms with Gasteiger partial charge in [-0.15, -0.1) is 0 Å². The molecule has 2 aliphatic rings. The molecule has 1 unspecified atom stereocenters. The van der Waals surface area contributed by atoms with Crippen molar-refractivity contribution in [3.63, 3.8) is 0 Å². The van der Waals surface area contributed by atoms with Gasteiger partial charge < -0.3 is 14.6 Å². The van der Waals surface area contributed by atoms with Gasteiger partial charge in [-0.2, -0.15) is 4.98 Å². The van der Waals surface area contributed by atoms with Crippen LogP contribution in [0.25, 0.3) is 0 Å². The summed E-state index contributed by atoms with van der Waals surface area (Å²) < 4.78 is 11.2. The van der Waals surface area contributed by atoms with E-state index in [2.05, 4.69) is 33.7 Å². The van der Waals surface area contributed by atoms with Crippen LogP contribution in [0, 0.1) is 0 Å². The van der Waals surface area contributed by atoms with Crippen LogP contribution in [-0.4, -0.2) is 16.7 Å². The Hall–Kier alpha value is -1.88. The van der Waals surface area contributed by atoms with Gasteiger partial charge in [0.2, 0.25) is 11.7 Å². The monoisotopic (exact) mass is 271 g/mol. The lowest BCUT2D eigenvalue weighted by Crippen LogP contribution is -2.22. The first-order valence-electron chi connectivity index (χ1n) is 7.07. The summed E-state index contributed by atoms with van der Waals surface area (Å²) in [6.45, 7) is 2.80. The van der Waals surface area contributed by atoms with Crippen molar-refractivity contribution in [3.05, 3.63) is 41.5 Å². The molecule has 104 valence electrons. The first kappa shape index (κ1) is 11.9. The smallest absolute Gasteiger partial charge is 0.249 e. The quantitative estimate of drug-likeness (QED) is 0.910. The van der Waals surface area contributed by atoms with Gasteiger partial charge in [-0.3, -0.25) is 0 Å². The highest BCUT2D eigenvalue weighted by molar-refractivity contribution is 5.56. The van der Waals surface area contributed by atoms with Crippen LogP contribution in [0.5, 0.6) is 0 Å². The molecule has 0 aliphatic carbocycles. The first-order chi connectivity index (χ1) is 9.74. The van der Waals surface area contributed by atoms with E-state index in [1.165, 1.54) is 5.56 Å². The first-order valence-corrected chi connectivity index (χ1v) is 7.07. The average Bonchev–Trinajstić information content (AvgIpc) is 3.17. The molecular formula is C15H17N3O2. The van der Waals surface area contributed by atoms with Crippen LogP contribution in [-0.2, 0) is 16.8 Å². The van der Waals surface area contributed by atoms with Crippen molar-refractivity contribution in [1.29, 1.82) is 0 Å². The van der Waals surface area contributed by atoms with E-state index in [4.69, 9.17) is 9.26 Å². The summed E-state index contributed by atoms with van der Waals surface area (Å²) in [5, 5.41) is 7.56. The Balaban J connectivity index is 1.58. The number of hydrogen-bond donors (Lipinski definition) is 1. The molecule has 1 aromatic carbocycles. The Morgan fingerprint density at radius 2 is 2.25 bits per heavy atom. The van der Waals surface area contributed by atoms with Crippen molar-refractivity contribution in [2.45, 2.75) is 37.8 Å². The minimum atomic E-state index is -0.382. The highest BCUT2D eigenvalue weighted by Crippen LogP contribution is 2.36. The maximum absolute atomic E-state index is 5.76. The van der Waals surface area contributed by atoms with Crippen molar-refractivity contribution >= 4 is 5.69 Å². The summed E-state index contributed by atoms with van der Waals surface area (Å²) >= 11 is 0. The largest absolute Gasteiger partial charge is 0.373 e. The standard InChI is InChI=1S/C15H17N3O2/c1-15(7-4-8-19-15)14-17-13(20-18-14)12-9-10-5-2-3-6-11(10)16-12/h2-3,5-6,12,16H,4,7-9H2,1H3/t12-,15?/m0/s1. The summed E-state index contributed by atoms with van der Waals surface area (Å²) in [5.74, 6) is 1.32. The fourth-order valence-electron chi connectivity index (χ4n) is 2.99. The molecule has 0 saturated carbocycles.